The van der Waals surface area contributed by atoms with Gasteiger partial charge in [-0.05, 0) is 39.7 Å². The molecule has 0 amide bonds. The number of hydrogen-bond acceptors (Lipinski definition) is 8. The molecule has 2 unspecified atom stereocenters. The first kappa shape index (κ1) is 34.1. The molecule has 3 aromatic carbocycles. The molecule has 0 heterocycles. The van der Waals surface area contributed by atoms with Crippen molar-refractivity contribution in [2.45, 2.75) is 85.4 Å². The molecule has 2 atom stereocenters. The molecule has 236 valence electrons. The third kappa shape index (κ3) is 10.4. The molecule has 0 saturated carbocycles. The summed E-state index contributed by atoms with van der Waals surface area (Å²) < 4.78 is 35.6. The van der Waals surface area contributed by atoms with Gasteiger partial charge in [-0.15, -0.1) is 0 Å². The van der Waals surface area contributed by atoms with E-state index in [1.165, 1.54) is 0 Å². The molecule has 0 fully saturated rings. The fourth-order valence-corrected chi connectivity index (χ4v) is 4.74. The second-order valence-electron chi connectivity index (χ2n) is 10.6. The molecule has 0 bridgehead atoms. The smallest absolute Gasteiger partial charge is 0.306 e. The molecule has 3 rings (SSSR count). The van der Waals surface area contributed by atoms with E-state index in [4.69, 9.17) is 28.4 Å². The lowest BCUT2D eigenvalue weighted by Crippen LogP contribution is -2.30. The summed E-state index contributed by atoms with van der Waals surface area (Å²) >= 11 is 0. The summed E-state index contributed by atoms with van der Waals surface area (Å²) in [7, 11) is 0. The summed E-state index contributed by atoms with van der Waals surface area (Å²) in [4.78, 5) is 24.8. The predicted octanol–water partition coefficient (Wildman–Crippen LogP) is 7.34. The second kappa shape index (κ2) is 18.3. The minimum absolute atomic E-state index is 0.148. The third-order valence-corrected chi connectivity index (χ3v) is 6.99. The van der Waals surface area contributed by atoms with Crippen LogP contribution in [-0.4, -0.2) is 63.8 Å². The third-order valence-electron chi connectivity index (χ3n) is 6.99. The summed E-state index contributed by atoms with van der Waals surface area (Å²) in [6, 6.07) is 14.0. The van der Waals surface area contributed by atoms with Crippen molar-refractivity contribution < 1.29 is 38.0 Å². The molecule has 0 saturated heterocycles. The molecule has 0 aromatic heterocycles. The maximum atomic E-state index is 12.4. The van der Waals surface area contributed by atoms with Gasteiger partial charge in [0.2, 0.25) is 0 Å². The summed E-state index contributed by atoms with van der Waals surface area (Å²) in [6.45, 7) is 11.7. The fourth-order valence-electron chi connectivity index (χ4n) is 4.74. The number of carbonyl (C=O) groups is 2. The van der Waals surface area contributed by atoms with E-state index in [-0.39, 0.29) is 38.4 Å². The minimum Gasteiger partial charge on any atom is -0.488 e. The highest BCUT2D eigenvalue weighted by Gasteiger charge is 2.22. The molecule has 8 heteroatoms. The first-order chi connectivity index (χ1) is 20.9. The van der Waals surface area contributed by atoms with Crippen LogP contribution in [0.5, 0.6) is 11.5 Å². The predicted molar refractivity (Wildman–Crippen MR) is 169 cm³/mol. The summed E-state index contributed by atoms with van der Waals surface area (Å²) in [5, 5.41) is 3.47. The number of ether oxygens (including phenoxy) is 6. The van der Waals surface area contributed by atoms with Gasteiger partial charge in [-0.2, -0.15) is 0 Å². The number of fused-ring (bicyclic) bond motifs is 2. The number of esters is 2. The van der Waals surface area contributed by atoms with Crippen LogP contribution in [0.25, 0.3) is 21.5 Å². The van der Waals surface area contributed by atoms with Crippen molar-refractivity contribution >= 4 is 33.5 Å². The summed E-state index contributed by atoms with van der Waals surface area (Å²) in [5.74, 6) is 0.869. The van der Waals surface area contributed by atoms with Gasteiger partial charge in [0.05, 0.1) is 13.2 Å². The van der Waals surface area contributed by atoms with Gasteiger partial charge in [-0.1, -0.05) is 68.7 Å². The number of aryl methyl sites for hydroxylation is 1. The Kier molecular flexibility index (Phi) is 14.6. The van der Waals surface area contributed by atoms with E-state index in [0.29, 0.717) is 37.6 Å². The van der Waals surface area contributed by atoms with E-state index in [1.807, 2.05) is 71.0 Å². The van der Waals surface area contributed by atoms with Crippen molar-refractivity contribution in [3.63, 3.8) is 0 Å². The van der Waals surface area contributed by atoms with Crippen LogP contribution in [0.2, 0.25) is 0 Å². The average molecular weight is 597 g/mol. The van der Waals surface area contributed by atoms with Crippen molar-refractivity contribution in [2.24, 2.45) is 0 Å². The lowest BCUT2D eigenvalue weighted by molar-refractivity contribution is -0.155. The van der Waals surface area contributed by atoms with Crippen LogP contribution in [0.3, 0.4) is 0 Å². The van der Waals surface area contributed by atoms with Crippen LogP contribution in [0.1, 0.15) is 71.8 Å². The number of rotatable bonds is 20. The number of benzene rings is 3. The SMILES string of the molecule is CCCCC(=O)OC(COCC)COc1c2ccccc2c(OCC(COCC)OC(=O)CCCC)c2cc(C)ccc12. The van der Waals surface area contributed by atoms with Crippen molar-refractivity contribution in [3.05, 3.63) is 48.0 Å². The maximum absolute atomic E-state index is 12.4. The van der Waals surface area contributed by atoms with Gasteiger partial charge in [-0.25, -0.2) is 0 Å². The van der Waals surface area contributed by atoms with Gasteiger partial charge < -0.3 is 28.4 Å². The quantitative estimate of drug-likeness (QED) is 0.0989. The molecule has 8 nitrogen and oxygen atoms in total. The minimum atomic E-state index is -0.541. The first-order valence-corrected chi connectivity index (χ1v) is 15.7. The molecule has 0 aliphatic rings. The Balaban J connectivity index is 1.94. The number of hydrogen-bond donors (Lipinski definition) is 0. The zero-order valence-corrected chi connectivity index (χ0v) is 26.4. The molecular formula is C35H48O8. The van der Waals surface area contributed by atoms with E-state index in [2.05, 4.69) is 6.07 Å². The van der Waals surface area contributed by atoms with Crippen molar-refractivity contribution in [3.8, 4) is 11.5 Å². The van der Waals surface area contributed by atoms with Crippen molar-refractivity contribution in [1.29, 1.82) is 0 Å². The molecule has 43 heavy (non-hydrogen) atoms. The van der Waals surface area contributed by atoms with Crippen LogP contribution in [0, 0.1) is 6.92 Å². The molecular weight excluding hydrogens is 548 g/mol. The Morgan fingerprint density at radius 2 is 1.09 bits per heavy atom. The largest absolute Gasteiger partial charge is 0.488 e. The first-order valence-electron chi connectivity index (χ1n) is 15.7. The number of unbranched alkanes of at least 4 members (excludes halogenated alkanes) is 2. The van der Waals surface area contributed by atoms with E-state index < -0.39 is 12.2 Å². The Morgan fingerprint density at radius 3 is 1.56 bits per heavy atom. The Hall–Kier alpha value is -3.36. The van der Waals surface area contributed by atoms with Crippen LogP contribution < -0.4 is 9.47 Å². The van der Waals surface area contributed by atoms with E-state index in [0.717, 1.165) is 52.8 Å². The Labute approximate surface area is 255 Å². The van der Waals surface area contributed by atoms with Gasteiger partial charge >= 0.3 is 11.9 Å². The highest BCUT2D eigenvalue weighted by atomic mass is 16.6. The van der Waals surface area contributed by atoms with Gasteiger partial charge in [-0.3, -0.25) is 9.59 Å². The van der Waals surface area contributed by atoms with Crippen molar-refractivity contribution in [2.75, 3.05) is 39.6 Å². The molecule has 0 radical (unpaired) electrons. The molecule has 3 aromatic rings. The topological polar surface area (TPSA) is 89.5 Å². The normalized spacial score (nSPS) is 12.7. The van der Waals surface area contributed by atoms with Crippen LogP contribution in [-0.2, 0) is 28.5 Å². The fraction of sp³-hybridized carbons (Fsp3) is 0.543. The molecule has 0 N–H and O–H groups in total. The van der Waals surface area contributed by atoms with Gasteiger partial charge in [0.25, 0.3) is 0 Å². The molecule has 0 spiro atoms. The van der Waals surface area contributed by atoms with Gasteiger partial charge in [0.15, 0.2) is 12.2 Å². The standard InChI is InChI=1S/C35H48O8/c1-6-10-16-32(36)42-26(21-38-8-3)23-40-34-28-14-12-13-15-29(28)35(31-20-25(5)18-19-30(31)34)41-24-27(22-39-9-4)43-33(37)17-11-7-2/h12-15,18-20,26-27H,6-11,16-17,21-24H2,1-5H3. The van der Waals surface area contributed by atoms with Gasteiger partial charge in [0.1, 0.15) is 24.7 Å². The van der Waals surface area contributed by atoms with Gasteiger partial charge in [0, 0.05) is 47.6 Å². The summed E-state index contributed by atoms with van der Waals surface area (Å²) in [5.41, 5.74) is 1.06. The molecule has 0 aliphatic carbocycles. The Morgan fingerprint density at radius 1 is 0.628 bits per heavy atom. The highest BCUT2D eigenvalue weighted by molar-refractivity contribution is 6.11. The zero-order chi connectivity index (χ0) is 31.0. The van der Waals surface area contributed by atoms with E-state index in [1.54, 1.807) is 0 Å². The maximum Gasteiger partial charge on any atom is 0.306 e. The highest BCUT2D eigenvalue weighted by Crippen LogP contribution is 2.43. The lowest BCUT2D eigenvalue weighted by Gasteiger charge is -2.23. The Bertz CT molecular complexity index is 1300. The zero-order valence-electron chi connectivity index (χ0n) is 26.4. The van der Waals surface area contributed by atoms with Crippen LogP contribution >= 0.6 is 0 Å². The number of carbonyl (C=O) groups excluding carboxylic acids is 2. The van der Waals surface area contributed by atoms with E-state index >= 15 is 0 Å². The van der Waals surface area contributed by atoms with Crippen molar-refractivity contribution in [1.82, 2.24) is 0 Å². The monoisotopic (exact) mass is 596 g/mol. The van der Waals surface area contributed by atoms with Crippen LogP contribution in [0.15, 0.2) is 42.5 Å². The second-order valence-corrected chi connectivity index (χ2v) is 10.6. The lowest BCUT2D eigenvalue weighted by atomic mass is 9.99. The van der Waals surface area contributed by atoms with Crippen LogP contribution in [0.4, 0.5) is 0 Å². The molecule has 0 aliphatic heterocycles. The average Bonchev–Trinajstić information content (AvgIpc) is 3.01. The van der Waals surface area contributed by atoms with E-state index in [9.17, 15) is 9.59 Å². The summed E-state index contributed by atoms with van der Waals surface area (Å²) in [6.07, 6.45) is 3.05.